The van der Waals surface area contributed by atoms with Crippen LogP contribution in [0.25, 0.3) is 0 Å². The van der Waals surface area contributed by atoms with E-state index in [2.05, 4.69) is 10.6 Å². The van der Waals surface area contributed by atoms with Gasteiger partial charge in [0.1, 0.15) is 0 Å². The lowest BCUT2D eigenvalue weighted by Gasteiger charge is -2.17. The minimum Gasteiger partial charge on any atom is -0.462 e. The topological polar surface area (TPSA) is 119 Å². The molecule has 1 aliphatic carbocycles. The minimum atomic E-state index is -0.488. The Kier molecular flexibility index (Phi) is 11.2. The molecule has 0 aromatic heterocycles. The van der Waals surface area contributed by atoms with Crippen molar-refractivity contribution in [3.63, 3.8) is 0 Å². The van der Waals surface area contributed by atoms with Gasteiger partial charge < -0.3 is 15.4 Å². The maximum atomic E-state index is 12.8. The van der Waals surface area contributed by atoms with Crippen LogP contribution in [0.5, 0.6) is 0 Å². The molecule has 0 radical (unpaired) electrons. The second kappa shape index (κ2) is 14.8. The van der Waals surface area contributed by atoms with Crippen molar-refractivity contribution in [2.24, 2.45) is 0 Å². The highest BCUT2D eigenvalue weighted by Gasteiger charge is 2.30. The van der Waals surface area contributed by atoms with Crippen LogP contribution in [0, 0.1) is 0 Å². The zero-order chi connectivity index (χ0) is 27.3. The second-order valence-electron chi connectivity index (χ2n) is 9.54. The quantitative estimate of drug-likeness (QED) is 0.227. The third-order valence-corrected chi connectivity index (χ3v) is 6.54. The van der Waals surface area contributed by atoms with E-state index in [1.807, 2.05) is 0 Å². The van der Waals surface area contributed by atoms with Crippen LogP contribution in [0.15, 0.2) is 42.5 Å². The van der Waals surface area contributed by atoms with Crippen LogP contribution >= 0.6 is 0 Å². The van der Waals surface area contributed by atoms with E-state index in [1.165, 1.54) is 19.1 Å². The predicted molar refractivity (Wildman–Crippen MR) is 143 cm³/mol. The molecule has 2 aromatic carbocycles. The van der Waals surface area contributed by atoms with E-state index in [0.717, 1.165) is 57.8 Å². The van der Waals surface area contributed by atoms with Crippen LogP contribution in [-0.4, -0.2) is 49.0 Å². The highest BCUT2D eigenvalue weighted by molar-refractivity contribution is 6.28. The van der Waals surface area contributed by atoms with Gasteiger partial charge in [0.2, 0.25) is 11.8 Å². The van der Waals surface area contributed by atoms with Crippen molar-refractivity contribution in [1.82, 2.24) is 10.6 Å². The zero-order valence-corrected chi connectivity index (χ0v) is 22.0. The minimum absolute atomic E-state index is 0.0290. The standard InChI is InChI=1S/C30H36N2O6/c1-21(33)32-20-27(34)31-17-11-7-5-3-2-4-6-8-12-18-38-30(37)22-15-16-25-26(19-22)29(36)24-14-10-9-13-23(24)28(25)35/h9-10,13-16,19H,2-8,11-12,17-18,20H2,1H3,(H,31,34)(H,32,33). The molecule has 2 N–H and O–H groups in total. The van der Waals surface area contributed by atoms with E-state index in [0.29, 0.717) is 29.8 Å². The molecule has 2 aromatic rings. The Bertz CT molecular complexity index is 1170. The normalized spacial score (nSPS) is 11.9. The van der Waals surface area contributed by atoms with Gasteiger partial charge in [-0.2, -0.15) is 0 Å². The first-order valence-corrected chi connectivity index (χ1v) is 13.4. The molecule has 0 unspecified atom stereocenters. The number of carbonyl (C=O) groups is 5. The van der Waals surface area contributed by atoms with Crippen molar-refractivity contribution < 1.29 is 28.7 Å². The van der Waals surface area contributed by atoms with E-state index in [9.17, 15) is 24.0 Å². The number of hydrogen-bond acceptors (Lipinski definition) is 6. The average Bonchev–Trinajstić information content (AvgIpc) is 2.92. The molecule has 8 heteroatoms. The largest absolute Gasteiger partial charge is 0.462 e. The van der Waals surface area contributed by atoms with Crippen LogP contribution in [0.2, 0.25) is 0 Å². The van der Waals surface area contributed by atoms with Crippen molar-refractivity contribution in [3.8, 4) is 0 Å². The van der Waals surface area contributed by atoms with Gasteiger partial charge in [0, 0.05) is 35.7 Å². The number of hydrogen-bond donors (Lipinski definition) is 2. The maximum absolute atomic E-state index is 12.8. The Morgan fingerprint density at radius 3 is 1.87 bits per heavy atom. The molecule has 38 heavy (non-hydrogen) atoms. The molecule has 0 aliphatic heterocycles. The molecule has 0 fully saturated rings. The SMILES string of the molecule is CC(=O)NCC(=O)NCCCCCCCCCCCOC(=O)c1ccc2c(c1)C(=O)c1ccccc1C2=O. The number of ether oxygens (including phenoxy) is 1. The van der Waals surface area contributed by atoms with E-state index in [1.54, 1.807) is 30.3 Å². The zero-order valence-electron chi connectivity index (χ0n) is 22.0. The van der Waals surface area contributed by atoms with Crippen LogP contribution < -0.4 is 10.6 Å². The Labute approximate surface area is 223 Å². The summed E-state index contributed by atoms with van der Waals surface area (Å²) in [5.74, 6) is -1.32. The van der Waals surface area contributed by atoms with Crippen LogP contribution in [0.1, 0.15) is 107 Å². The van der Waals surface area contributed by atoms with E-state index in [-0.39, 0.29) is 41.1 Å². The summed E-state index contributed by atoms with van der Waals surface area (Å²) in [6.45, 7) is 2.36. The van der Waals surface area contributed by atoms with Gasteiger partial charge in [0.15, 0.2) is 11.6 Å². The van der Waals surface area contributed by atoms with E-state index >= 15 is 0 Å². The van der Waals surface area contributed by atoms with Crippen molar-refractivity contribution in [2.45, 2.75) is 64.7 Å². The number of benzene rings is 2. The first kappa shape index (κ1) is 28.8. The number of nitrogens with one attached hydrogen (secondary N) is 2. The average molecular weight is 521 g/mol. The summed E-state index contributed by atoms with van der Waals surface area (Å²) >= 11 is 0. The van der Waals surface area contributed by atoms with Gasteiger partial charge in [-0.1, -0.05) is 69.2 Å². The first-order chi connectivity index (χ1) is 18.4. The Morgan fingerprint density at radius 1 is 0.684 bits per heavy atom. The molecule has 0 atom stereocenters. The highest BCUT2D eigenvalue weighted by Crippen LogP contribution is 2.28. The van der Waals surface area contributed by atoms with Crippen molar-refractivity contribution in [3.05, 3.63) is 70.3 Å². The molecule has 3 rings (SSSR count). The first-order valence-electron chi connectivity index (χ1n) is 13.4. The lowest BCUT2D eigenvalue weighted by atomic mass is 9.83. The molecule has 1 aliphatic rings. The molecular formula is C30H36N2O6. The number of esters is 1. The molecule has 0 bridgehead atoms. The Balaban J connectivity index is 1.23. The van der Waals surface area contributed by atoms with Gasteiger partial charge in [-0.25, -0.2) is 4.79 Å². The van der Waals surface area contributed by atoms with Crippen LogP contribution in [0.3, 0.4) is 0 Å². The van der Waals surface area contributed by atoms with Gasteiger partial charge in [-0.3, -0.25) is 19.2 Å². The summed E-state index contributed by atoms with van der Waals surface area (Å²) in [6, 6.07) is 11.3. The lowest BCUT2D eigenvalue weighted by molar-refractivity contribution is -0.125. The summed E-state index contributed by atoms with van der Waals surface area (Å²) in [5.41, 5.74) is 1.59. The number of fused-ring (bicyclic) bond motifs is 2. The molecule has 8 nitrogen and oxygen atoms in total. The van der Waals surface area contributed by atoms with Crippen molar-refractivity contribution >= 4 is 29.4 Å². The maximum Gasteiger partial charge on any atom is 0.338 e. The van der Waals surface area contributed by atoms with Crippen LogP contribution in [0.4, 0.5) is 0 Å². The Morgan fingerprint density at radius 2 is 1.24 bits per heavy atom. The number of amides is 2. The van der Waals surface area contributed by atoms with E-state index in [4.69, 9.17) is 4.74 Å². The fourth-order valence-electron chi connectivity index (χ4n) is 4.43. The lowest BCUT2D eigenvalue weighted by Crippen LogP contribution is -2.36. The summed E-state index contributed by atoms with van der Waals surface area (Å²) in [6.07, 6.45) is 9.37. The third-order valence-electron chi connectivity index (χ3n) is 6.54. The van der Waals surface area contributed by atoms with Gasteiger partial charge in [0.05, 0.1) is 18.7 Å². The smallest absolute Gasteiger partial charge is 0.338 e. The molecular weight excluding hydrogens is 484 g/mol. The number of ketones is 2. The number of rotatable bonds is 15. The van der Waals surface area contributed by atoms with Crippen LogP contribution in [-0.2, 0) is 14.3 Å². The summed E-state index contributed by atoms with van der Waals surface area (Å²) in [5, 5.41) is 5.26. The monoisotopic (exact) mass is 520 g/mol. The van der Waals surface area contributed by atoms with Gasteiger partial charge in [0.25, 0.3) is 0 Å². The molecule has 2 amide bonds. The number of unbranched alkanes of at least 4 members (excludes halogenated alkanes) is 8. The van der Waals surface area contributed by atoms with Gasteiger partial charge in [-0.15, -0.1) is 0 Å². The molecule has 0 heterocycles. The summed E-state index contributed by atoms with van der Waals surface area (Å²) in [4.78, 5) is 60.3. The van der Waals surface area contributed by atoms with E-state index < -0.39 is 5.97 Å². The van der Waals surface area contributed by atoms with Gasteiger partial charge in [-0.05, 0) is 31.0 Å². The third kappa shape index (κ3) is 8.36. The van der Waals surface area contributed by atoms with Crippen molar-refractivity contribution in [2.75, 3.05) is 19.7 Å². The number of carbonyl (C=O) groups excluding carboxylic acids is 5. The second-order valence-corrected chi connectivity index (χ2v) is 9.54. The Hall–Kier alpha value is -3.81. The molecule has 0 spiro atoms. The fourth-order valence-corrected chi connectivity index (χ4v) is 4.43. The highest BCUT2D eigenvalue weighted by atomic mass is 16.5. The molecule has 0 saturated heterocycles. The summed E-state index contributed by atoms with van der Waals surface area (Å²) in [7, 11) is 0. The summed E-state index contributed by atoms with van der Waals surface area (Å²) < 4.78 is 5.39. The van der Waals surface area contributed by atoms with Gasteiger partial charge >= 0.3 is 5.97 Å². The molecule has 0 saturated carbocycles. The van der Waals surface area contributed by atoms with Crippen molar-refractivity contribution in [1.29, 1.82) is 0 Å². The fraction of sp³-hybridized carbons (Fsp3) is 0.433. The molecule has 202 valence electrons. The predicted octanol–water partition coefficient (Wildman–Crippen LogP) is 4.38.